The quantitative estimate of drug-likeness (QED) is 0.453. The molecule has 0 radical (unpaired) electrons. The van der Waals surface area contributed by atoms with Gasteiger partial charge in [-0.25, -0.2) is 0 Å². The highest BCUT2D eigenvalue weighted by atomic mass is 35.5. The van der Waals surface area contributed by atoms with Crippen LogP contribution in [-0.4, -0.2) is 29.3 Å². The zero-order chi connectivity index (χ0) is 9.14. The van der Waals surface area contributed by atoms with Gasteiger partial charge in [-0.2, -0.15) is 0 Å². The number of carbonyl (C=O) groups is 1. The SMILES string of the molecule is CC1=CCN(C(=O)C(C)Cl)CC1. The van der Waals surface area contributed by atoms with Gasteiger partial charge in [0.2, 0.25) is 5.91 Å². The Labute approximate surface area is 78.2 Å². The lowest BCUT2D eigenvalue weighted by atomic mass is 10.1. The predicted molar refractivity (Wildman–Crippen MR) is 50.3 cm³/mol. The average molecular weight is 188 g/mol. The third kappa shape index (κ3) is 2.24. The van der Waals surface area contributed by atoms with Gasteiger partial charge in [-0.05, 0) is 20.3 Å². The van der Waals surface area contributed by atoms with Crippen molar-refractivity contribution in [2.75, 3.05) is 13.1 Å². The highest BCUT2D eigenvalue weighted by Gasteiger charge is 2.19. The summed E-state index contributed by atoms with van der Waals surface area (Å²) in [5.74, 6) is 0.0421. The second-order valence-electron chi connectivity index (χ2n) is 3.20. The molecule has 0 fully saturated rings. The molecule has 3 heteroatoms. The van der Waals surface area contributed by atoms with E-state index in [9.17, 15) is 4.79 Å². The van der Waals surface area contributed by atoms with Crippen molar-refractivity contribution in [1.82, 2.24) is 4.90 Å². The van der Waals surface area contributed by atoms with Gasteiger partial charge in [0.1, 0.15) is 5.38 Å². The number of halogens is 1. The van der Waals surface area contributed by atoms with Crippen molar-refractivity contribution in [2.45, 2.75) is 25.6 Å². The minimum absolute atomic E-state index is 0.0421. The molecule has 1 unspecified atom stereocenters. The maximum Gasteiger partial charge on any atom is 0.240 e. The summed E-state index contributed by atoms with van der Waals surface area (Å²) in [5.41, 5.74) is 1.36. The summed E-state index contributed by atoms with van der Waals surface area (Å²) in [4.78, 5) is 13.2. The predicted octanol–water partition coefficient (Wildman–Crippen LogP) is 1.79. The summed E-state index contributed by atoms with van der Waals surface area (Å²) in [5, 5.41) is -0.392. The molecular formula is C9H14ClNO. The van der Waals surface area contributed by atoms with Crippen LogP contribution in [0, 0.1) is 0 Å². The zero-order valence-electron chi connectivity index (χ0n) is 7.51. The van der Waals surface area contributed by atoms with Crippen LogP contribution in [-0.2, 0) is 4.79 Å². The van der Waals surface area contributed by atoms with Crippen LogP contribution in [0.5, 0.6) is 0 Å². The lowest BCUT2D eigenvalue weighted by molar-refractivity contribution is -0.130. The molecule has 0 saturated carbocycles. The number of nitrogens with zero attached hydrogens (tertiary/aromatic N) is 1. The Morgan fingerprint density at radius 2 is 2.42 bits per heavy atom. The Morgan fingerprint density at radius 1 is 1.75 bits per heavy atom. The molecule has 1 atom stereocenters. The van der Waals surface area contributed by atoms with E-state index in [4.69, 9.17) is 11.6 Å². The largest absolute Gasteiger partial charge is 0.337 e. The molecule has 1 amide bonds. The molecule has 68 valence electrons. The first-order chi connectivity index (χ1) is 5.61. The highest BCUT2D eigenvalue weighted by molar-refractivity contribution is 6.30. The fourth-order valence-electron chi connectivity index (χ4n) is 1.22. The van der Waals surface area contributed by atoms with Crippen LogP contribution in [0.4, 0.5) is 0 Å². The molecule has 0 saturated heterocycles. The first-order valence-corrected chi connectivity index (χ1v) is 4.63. The molecule has 0 aliphatic carbocycles. The number of carbonyl (C=O) groups excluding carboxylic acids is 1. The Balaban J connectivity index is 2.51. The van der Waals surface area contributed by atoms with Gasteiger partial charge in [-0.1, -0.05) is 11.6 Å². The lowest BCUT2D eigenvalue weighted by Crippen LogP contribution is -2.38. The molecule has 2 nitrogen and oxygen atoms in total. The van der Waals surface area contributed by atoms with Crippen molar-refractivity contribution >= 4 is 17.5 Å². The normalized spacial score (nSPS) is 20.2. The van der Waals surface area contributed by atoms with Gasteiger partial charge < -0.3 is 4.90 Å². The van der Waals surface area contributed by atoms with E-state index in [0.717, 1.165) is 19.5 Å². The summed E-state index contributed by atoms with van der Waals surface area (Å²) >= 11 is 5.69. The van der Waals surface area contributed by atoms with Gasteiger partial charge in [-0.3, -0.25) is 4.79 Å². The van der Waals surface area contributed by atoms with Gasteiger partial charge >= 0.3 is 0 Å². The second kappa shape index (κ2) is 3.94. The van der Waals surface area contributed by atoms with Crippen LogP contribution in [0.3, 0.4) is 0 Å². The summed E-state index contributed by atoms with van der Waals surface area (Å²) in [6, 6.07) is 0. The Bertz CT molecular complexity index is 211. The first-order valence-electron chi connectivity index (χ1n) is 4.19. The van der Waals surface area contributed by atoms with E-state index in [1.54, 1.807) is 11.8 Å². The van der Waals surface area contributed by atoms with Crippen LogP contribution < -0.4 is 0 Å². The van der Waals surface area contributed by atoms with Crippen molar-refractivity contribution < 1.29 is 4.79 Å². The van der Waals surface area contributed by atoms with Gasteiger partial charge in [0, 0.05) is 13.1 Å². The van der Waals surface area contributed by atoms with Crippen molar-refractivity contribution in [2.24, 2.45) is 0 Å². The maximum atomic E-state index is 11.4. The molecule has 0 N–H and O–H groups in total. The minimum atomic E-state index is -0.392. The third-order valence-electron chi connectivity index (χ3n) is 2.09. The van der Waals surface area contributed by atoms with E-state index in [1.165, 1.54) is 5.57 Å². The van der Waals surface area contributed by atoms with Gasteiger partial charge in [0.25, 0.3) is 0 Å². The first kappa shape index (κ1) is 9.59. The van der Waals surface area contributed by atoms with E-state index >= 15 is 0 Å². The highest BCUT2D eigenvalue weighted by Crippen LogP contribution is 2.11. The molecule has 1 heterocycles. The van der Waals surface area contributed by atoms with E-state index in [-0.39, 0.29) is 5.91 Å². The van der Waals surface area contributed by atoms with Gasteiger partial charge in [-0.15, -0.1) is 11.6 Å². The van der Waals surface area contributed by atoms with Crippen LogP contribution in [0.25, 0.3) is 0 Å². The molecule has 0 aromatic rings. The van der Waals surface area contributed by atoms with Gasteiger partial charge in [0.05, 0.1) is 0 Å². The number of hydrogen-bond donors (Lipinski definition) is 0. The van der Waals surface area contributed by atoms with E-state index < -0.39 is 5.38 Å². The summed E-state index contributed by atoms with van der Waals surface area (Å²) in [6.07, 6.45) is 3.07. The zero-order valence-corrected chi connectivity index (χ0v) is 8.27. The van der Waals surface area contributed by atoms with Crippen molar-refractivity contribution in [3.63, 3.8) is 0 Å². The molecule has 1 aliphatic rings. The maximum absolute atomic E-state index is 11.4. The topological polar surface area (TPSA) is 20.3 Å². The number of rotatable bonds is 1. The standard InChI is InChI=1S/C9H14ClNO/c1-7-3-5-11(6-4-7)9(12)8(2)10/h3,8H,4-6H2,1-2H3. The van der Waals surface area contributed by atoms with Crippen molar-refractivity contribution in [3.05, 3.63) is 11.6 Å². The van der Waals surface area contributed by atoms with Crippen molar-refractivity contribution in [1.29, 1.82) is 0 Å². The molecule has 0 bridgehead atoms. The molecule has 1 rings (SSSR count). The fourth-order valence-corrected chi connectivity index (χ4v) is 1.36. The third-order valence-corrected chi connectivity index (χ3v) is 2.27. The fraction of sp³-hybridized carbons (Fsp3) is 0.667. The van der Waals surface area contributed by atoms with E-state index in [1.807, 2.05) is 0 Å². The molecule has 12 heavy (non-hydrogen) atoms. The lowest BCUT2D eigenvalue weighted by Gasteiger charge is -2.26. The van der Waals surface area contributed by atoms with Crippen LogP contribution in [0.2, 0.25) is 0 Å². The number of amides is 1. The summed E-state index contributed by atoms with van der Waals surface area (Å²) in [7, 11) is 0. The smallest absolute Gasteiger partial charge is 0.240 e. The van der Waals surface area contributed by atoms with Gasteiger partial charge in [0.15, 0.2) is 0 Å². The Kier molecular flexibility index (Phi) is 3.15. The monoisotopic (exact) mass is 187 g/mol. The molecule has 1 aliphatic heterocycles. The minimum Gasteiger partial charge on any atom is -0.337 e. The molecule has 0 aromatic carbocycles. The summed E-state index contributed by atoms with van der Waals surface area (Å²) in [6.45, 7) is 5.35. The second-order valence-corrected chi connectivity index (χ2v) is 3.86. The number of hydrogen-bond acceptors (Lipinski definition) is 1. The summed E-state index contributed by atoms with van der Waals surface area (Å²) < 4.78 is 0. The Morgan fingerprint density at radius 3 is 2.83 bits per heavy atom. The van der Waals surface area contributed by atoms with E-state index in [0.29, 0.717) is 0 Å². The van der Waals surface area contributed by atoms with Crippen LogP contribution in [0.15, 0.2) is 11.6 Å². The van der Waals surface area contributed by atoms with E-state index in [2.05, 4.69) is 13.0 Å². The Hall–Kier alpha value is -0.500. The number of alkyl halides is 1. The van der Waals surface area contributed by atoms with Crippen molar-refractivity contribution in [3.8, 4) is 0 Å². The molecule has 0 spiro atoms. The average Bonchev–Trinajstić information content (AvgIpc) is 2.04. The van der Waals surface area contributed by atoms with Crippen LogP contribution >= 0.6 is 11.6 Å². The molecule has 0 aromatic heterocycles. The van der Waals surface area contributed by atoms with Crippen LogP contribution in [0.1, 0.15) is 20.3 Å². The molecular weight excluding hydrogens is 174 g/mol.